The lowest BCUT2D eigenvalue weighted by Gasteiger charge is -2.19. The van der Waals surface area contributed by atoms with Crippen molar-refractivity contribution in [2.45, 2.75) is 20.4 Å². The molecule has 0 amide bonds. The van der Waals surface area contributed by atoms with Crippen LogP contribution in [0.2, 0.25) is 0 Å². The molecule has 0 radical (unpaired) electrons. The summed E-state index contributed by atoms with van der Waals surface area (Å²) in [6.45, 7) is 5.88. The van der Waals surface area contributed by atoms with E-state index in [2.05, 4.69) is 39.7 Å². The van der Waals surface area contributed by atoms with Crippen LogP contribution in [0, 0.1) is 13.8 Å². The van der Waals surface area contributed by atoms with Gasteiger partial charge in [0, 0.05) is 30.1 Å². The van der Waals surface area contributed by atoms with Gasteiger partial charge in [-0.1, -0.05) is 24.3 Å². The highest BCUT2D eigenvalue weighted by Gasteiger charge is 2.12. The molecular weight excluding hydrogens is 340 g/mol. The number of benzene rings is 2. The average Bonchev–Trinajstić information content (AvgIpc) is 2.67. The zero-order chi connectivity index (χ0) is 18.6. The molecule has 0 bridgehead atoms. The highest BCUT2D eigenvalue weighted by Crippen LogP contribution is 2.33. The summed E-state index contributed by atoms with van der Waals surface area (Å²) in [5, 5.41) is 6.63. The quantitative estimate of drug-likeness (QED) is 0.708. The molecule has 138 valence electrons. The summed E-state index contributed by atoms with van der Waals surface area (Å²) >= 11 is 0. The van der Waals surface area contributed by atoms with Gasteiger partial charge >= 0.3 is 0 Å². The van der Waals surface area contributed by atoms with Crippen LogP contribution in [0.3, 0.4) is 0 Å². The Hall–Kier alpha value is -3.28. The Balaban J connectivity index is 1.50. The van der Waals surface area contributed by atoms with Crippen LogP contribution in [0.4, 0.5) is 17.5 Å². The monoisotopic (exact) mass is 362 g/mol. The molecule has 2 N–H and O–H groups in total. The van der Waals surface area contributed by atoms with E-state index in [1.807, 2.05) is 43.3 Å². The van der Waals surface area contributed by atoms with Crippen LogP contribution >= 0.6 is 0 Å². The summed E-state index contributed by atoms with van der Waals surface area (Å²) in [6, 6.07) is 16.0. The predicted octanol–water partition coefficient (Wildman–Crippen LogP) is 4.22. The molecule has 0 saturated heterocycles. The molecule has 3 aromatic rings. The molecule has 6 heteroatoms. The molecule has 1 aromatic heterocycles. The SMILES string of the molecule is Cc1cc(Nc2ccc3c(c2)OCCO3)nc(NCc2ccccc2C)n1. The number of aryl methyl sites for hydroxylation is 2. The van der Waals surface area contributed by atoms with Crippen molar-refractivity contribution in [2.75, 3.05) is 23.8 Å². The third-order valence-electron chi connectivity index (χ3n) is 4.37. The standard InChI is InChI=1S/C21H22N4O2/c1-14-5-3-4-6-16(14)13-22-21-23-15(2)11-20(25-21)24-17-7-8-18-19(12-17)27-10-9-26-18/h3-8,11-12H,9-10,13H2,1-2H3,(H2,22,23,24,25). The molecule has 0 saturated carbocycles. The topological polar surface area (TPSA) is 68.3 Å². The van der Waals surface area contributed by atoms with E-state index < -0.39 is 0 Å². The lowest BCUT2D eigenvalue weighted by molar-refractivity contribution is 0.171. The smallest absolute Gasteiger partial charge is 0.225 e. The van der Waals surface area contributed by atoms with Crippen LogP contribution in [0.15, 0.2) is 48.5 Å². The molecule has 0 unspecified atom stereocenters. The minimum Gasteiger partial charge on any atom is -0.486 e. The van der Waals surface area contributed by atoms with Gasteiger partial charge in [-0.2, -0.15) is 4.98 Å². The van der Waals surface area contributed by atoms with Gasteiger partial charge in [0.2, 0.25) is 5.95 Å². The molecule has 0 spiro atoms. The number of ether oxygens (including phenoxy) is 2. The predicted molar refractivity (Wildman–Crippen MR) is 106 cm³/mol. The fourth-order valence-electron chi connectivity index (χ4n) is 2.96. The van der Waals surface area contributed by atoms with E-state index in [1.54, 1.807) is 0 Å². The molecular formula is C21H22N4O2. The number of fused-ring (bicyclic) bond motifs is 1. The highest BCUT2D eigenvalue weighted by molar-refractivity contribution is 5.62. The maximum Gasteiger partial charge on any atom is 0.225 e. The zero-order valence-electron chi connectivity index (χ0n) is 15.5. The van der Waals surface area contributed by atoms with Crippen molar-refractivity contribution in [3.05, 3.63) is 65.4 Å². The van der Waals surface area contributed by atoms with E-state index in [9.17, 15) is 0 Å². The fourth-order valence-corrected chi connectivity index (χ4v) is 2.96. The van der Waals surface area contributed by atoms with E-state index in [0.717, 1.165) is 28.7 Å². The summed E-state index contributed by atoms with van der Waals surface area (Å²) in [4.78, 5) is 9.06. The number of aromatic nitrogens is 2. The van der Waals surface area contributed by atoms with Crippen LogP contribution in [0.1, 0.15) is 16.8 Å². The van der Waals surface area contributed by atoms with E-state index in [4.69, 9.17) is 9.47 Å². The van der Waals surface area contributed by atoms with E-state index >= 15 is 0 Å². The summed E-state index contributed by atoms with van der Waals surface area (Å²) in [5.74, 6) is 2.84. The van der Waals surface area contributed by atoms with E-state index in [-0.39, 0.29) is 0 Å². The van der Waals surface area contributed by atoms with Crippen molar-refractivity contribution in [1.29, 1.82) is 0 Å². The Labute approximate surface area is 158 Å². The molecule has 4 rings (SSSR count). The van der Waals surface area contributed by atoms with Gasteiger partial charge in [0.25, 0.3) is 0 Å². The van der Waals surface area contributed by atoms with Crippen LogP contribution in [0.5, 0.6) is 11.5 Å². The van der Waals surface area contributed by atoms with Crippen LogP contribution in [-0.2, 0) is 6.54 Å². The number of hydrogen-bond acceptors (Lipinski definition) is 6. The van der Waals surface area contributed by atoms with Gasteiger partial charge in [-0.15, -0.1) is 0 Å². The van der Waals surface area contributed by atoms with Gasteiger partial charge in [-0.3, -0.25) is 0 Å². The number of hydrogen-bond donors (Lipinski definition) is 2. The van der Waals surface area contributed by atoms with Gasteiger partial charge in [0.15, 0.2) is 11.5 Å². The Bertz CT molecular complexity index is 959. The Kier molecular flexibility index (Phi) is 4.78. The first-order valence-corrected chi connectivity index (χ1v) is 8.98. The van der Waals surface area contributed by atoms with Crippen molar-refractivity contribution in [2.24, 2.45) is 0 Å². The summed E-state index contributed by atoms with van der Waals surface area (Å²) in [5.41, 5.74) is 4.25. The van der Waals surface area contributed by atoms with E-state index in [1.165, 1.54) is 11.1 Å². The van der Waals surface area contributed by atoms with E-state index in [0.29, 0.717) is 25.7 Å². The molecule has 6 nitrogen and oxygen atoms in total. The maximum atomic E-state index is 5.64. The fraction of sp³-hybridized carbons (Fsp3) is 0.238. The minimum absolute atomic E-state index is 0.566. The summed E-state index contributed by atoms with van der Waals surface area (Å²) < 4.78 is 11.2. The summed E-state index contributed by atoms with van der Waals surface area (Å²) in [7, 11) is 0. The van der Waals surface area contributed by atoms with Crippen molar-refractivity contribution in [1.82, 2.24) is 9.97 Å². The number of rotatable bonds is 5. The average molecular weight is 362 g/mol. The minimum atomic E-state index is 0.566. The Morgan fingerprint density at radius 1 is 0.926 bits per heavy atom. The van der Waals surface area contributed by atoms with Gasteiger partial charge < -0.3 is 20.1 Å². The van der Waals surface area contributed by atoms with Gasteiger partial charge in [-0.25, -0.2) is 4.98 Å². The Morgan fingerprint density at radius 3 is 2.59 bits per heavy atom. The molecule has 1 aliphatic rings. The van der Waals surface area contributed by atoms with Crippen LogP contribution < -0.4 is 20.1 Å². The van der Waals surface area contributed by atoms with Crippen molar-refractivity contribution >= 4 is 17.5 Å². The lowest BCUT2D eigenvalue weighted by atomic mass is 10.1. The summed E-state index contributed by atoms with van der Waals surface area (Å²) in [6.07, 6.45) is 0. The van der Waals surface area contributed by atoms with Crippen molar-refractivity contribution in [3.8, 4) is 11.5 Å². The lowest BCUT2D eigenvalue weighted by Crippen LogP contribution is -2.15. The van der Waals surface area contributed by atoms with Crippen molar-refractivity contribution < 1.29 is 9.47 Å². The molecule has 2 aromatic carbocycles. The van der Waals surface area contributed by atoms with Crippen LogP contribution in [-0.4, -0.2) is 23.2 Å². The second-order valence-corrected chi connectivity index (χ2v) is 6.48. The zero-order valence-corrected chi connectivity index (χ0v) is 15.5. The van der Waals surface area contributed by atoms with Gasteiger partial charge in [0.05, 0.1) is 0 Å². The van der Waals surface area contributed by atoms with Gasteiger partial charge in [-0.05, 0) is 37.1 Å². The largest absolute Gasteiger partial charge is 0.486 e. The first-order chi connectivity index (χ1) is 13.2. The first kappa shape index (κ1) is 17.1. The molecule has 0 aliphatic carbocycles. The molecule has 0 atom stereocenters. The second kappa shape index (κ2) is 7.53. The third kappa shape index (κ3) is 4.11. The number of anilines is 3. The Morgan fingerprint density at radius 2 is 1.74 bits per heavy atom. The van der Waals surface area contributed by atoms with Gasteiger partial charge in [0.1, 0.15) is 19.0 Å². The van der Waals surface area contributed by atoms with Crippen molar-refractivity contribution in [3.63, 3.8) is 0 Å². The molecule has 2 heterocycles. The molecule has 1 aliphatic heterocycles. The third-order valence-corrected chi connectivity index (χ3v) is 4.37. The number of nitrogens with one attached hydrogen (secondary N) is 2. The normalized spacial score (nSPS) is 12.5. The second-order valence-electron chi connectivity index (χ2n) is 6.48. The molecule has 27 heavy (non-hydrogen) atoms. The van der Waals surface area contributed by atoms with Crippen LogP contribution in [0.25, 0.3) is 0 Å². The highest BCUT2D eigenvalue weighted by atomic mass is 16.6. The molecule has 0 fully saturated rings. The first-order valence-electron chi connectivity index (χ1n) is 8.98. The number of nitrogens with zero attached hydrogens (tertiary/aromatic N) is 2. The maximum absolute atomic E-state index is 5.64.